The molecular formula is C22H18ClF3N4O3. The Balaban J connectivity index is 1.66. The van der Waals surface area contributed by atoms with Gasteiger partial charge in [-0.2, -0.15) is 18.2 Å². The van der Waals surface area contributed by atoms with Crippen molar-refractivity contribution in [1.82, 2.24) is 19.5 Å². The molecule has 2 aromatic carbocycles. The Hall–Kier alpha value is -3.40. The minimum Gasteiger partial charge on any atom is -0.494 e. The molecule has 2 aromatic rings. The first-order chi connectivity index (χ1) is 15.7. The van der Waals surface area contributed by atoms with Crippen LogP contribution in [0.15, 0.2) is 46.0 Å². The zero-order chi connectivity index (χ0) is 23.8. The molecular weight excluding hydrogens is 461 g/mol. The van der Waals surface area contributed by atoms with E-state index in [2.05, 4.69) is 15.0 Å². The Labute approximate surface area is 190 Å². The van der Waals surface area contributed by atoms with Gasteiger partial charge in [0.25, 0.3) is 5.56 Å². The number of hydrogen-bond acceptors (Lipinski definition) is 5. The van der Waals surface area contributed by atoms with Crippen LogP contribution in [0.4, 0.5) is 13.2 Å². The molecule has 0 aliphatic carbocycles. The number of alkyl halides is 3. The molecule has 2 heterocycles. The lowest BCUT2D eigenvalue weighted by molar-refractivity contribution is -0.137. The first-order valence-electron chi connectivity index (χ1n) is 10.1. The second-order valence-corrected chi connectivity index (χ2v) is 7.73. The van der Waals surface area contributed by atoms with Crippen molar-refractivity contribution in [2.45, 2.75) is 32.5 Å². The molecule has 1 N–H and O–H groups in total. The molecule has 0 saturated heterocycles. The van der Waals surface area contributed by atoms with Crippen LogP contribution < -0.4 is 16.0 Å². The van der Waals surface area contributed by atoms with Crippen molar-refractivity contribution in [2.24, 2.45) is 0 Å². The van der Waals surface area contributed by atoms with Crippen molar-refractivity contribution in [3.63, 3.8) is 0 Å². The lowest BCUT2D eigenvalue weighted by Gasteiger charge is -2.18. The van der Waals surface area contributed by atoms with Crippen LogP contribution in [0, 0.1) is 0 Å². The normalized spacial score (nSPS) is 11.9. The third-order valence-corrected chi connectivity index (χ3v) is 5.47. The van der Waals surface area contributed by atoms with Crippen LogP contribution in [-0.4, -0.2) is 26.1 Å². The summed E-state index contributed by atoms with van der Waals surface area (Å²) in [5.74, 6) is 0.204. The van der Waals surface area contributed by atoms with Gasteiger partial charge in [-0.3, -0.25) is 9.78 Å². The van der Waals surface area contributed by atoms with Crippen molar-refractivity contribution in [3.05, 3.63) is 73.4 Å². The van der Waals surface area contributed by atoms with Crippen LogP contribution in [-0.2, 0) is 19.1 Å². The molecule has 0 unspecified atom stereocenters. The summed E-state index contributed by atoms with van der Waals surface area (Å²) in [6.07, 6.45) is -3.44. The SMILES string of the molecule is CCc1cc2c(cc1Cl)nc1c(=O)[nH]c(=O)nc-1n2CCCOc1cccc(C(F)(F)F)c1. The fraction of sp³-hybridized carbons (Fsp3) is 0.273. The van der Waals surface area contributed by atoms with Gasteiger partial charge in [0.2, 0.25) is 0 Å². The quantitative estimate of drug-likeness (QED) is 0.330. The second kappa shape index (κ2) is 8.86. The zero-order valence-corrected chi connectivity index (χ0v) is 18.1. The maximum atomic E-state index is 12.9. The number of nitrogens with one attached hydrogen (secondary N) is 1. The molecule has 2 aliphatic heterocycles. The van der Waals surface area contributed by atoms with E-state index < -0.39 is 23.0 Å². The molecule has 7 nitrogen and oxygen atoms in total. The smallest absolute Gasteiger partial charge is 0.416 e. The number of fused-ring (bicyclic) bond motifs is 2. The van der Waals surface area contributed by atoms with Crippen molar-refractivity contribution in [3.8, 4) is 17.3 Å². The first-order valence-corrected chi connectivity index (χ1v) is 10.5. The van der Waals surface area contributed by atoms with E-state index in [1.54, 1.807) is 10.6 Å². The average molecular weight is 479 g/mol. The van der Waals surface area contributed by atoms with Crippen LogP contribution in [0.1, 0.15) is 24.5 Å². The number of aromatic nitrogens is 4. The number of nitrogens with zero attached hydrogens (tertiary/aromatic N) is 3. The molecule has 0 aromatic heterocycles. The van der Waals surface area contributed by atoms with Crippen LogP contribution in [0.2, 0.25) is 5.02 Å². The van der Waals surface area contributed by atoms with Gasteiger partial charge < -0.3 is 9.30 Å². The summed E-state index contributed by atoms with van der Waals surface area (Å²) in [6.45, 7) is 2.31. The number of rotatable bonds is 6. The Morgan fingerprint density at radius 3 is 2.67 bits per heavy atom. The van der Waals surface area contributed by atoms with Crippen LogP contribution in [0.3, 0.4) is 0 Å². The summed E-state index contributed by atoms with van der Waals surface area (Å²) < 4.78 is 45.9. The molecule has 0 bridgehead atoms. The van der Waals surface area contributed by atoms with Gasteiger partial charge >= 0.3 is 11.9 Å². The van der Waals surface area contributed by atoms with E-state index in [4.69, 9.17) is 16.3 Å². The fourth-order valence-electron chi connectivity index (χ4n) is 3.53. The van der Waals surface area contributed by atoms with Gasteiger partial charge in [-0.25, -0.2) is 9.78 Å². The Bertz CT molecular complexity index is 1420. The maximum absolute atomic E-state index is 12.9. The van der Waals surface area contributed by atoms with Crippen LogP contribution in [0.25, 0.3) is 22.6 Å². The predicted molar refractivity (Wildman–Crippen MR) is 117 cm³/mol. The summed E-state index contributed by atoms with van der Waals surface area (Å²) in [7, 11) is 0. The molecule has 0 amide bonds. The van der Waals surface area contributed by atoms with E-state index in [1.165, 1.54) is 12.1 Å². The highest BCUT2D eigenvalue weighted by Gasteiger charge is 2.30. The summed E-state index contributed by atoms with van der Waals surface area (Å²) in [5.41, 5.74) is -0.345. The molecule has 0 saturated carbocycles. The van der Waals surface area contributed by atoms with E-state index >= 15 is 0 Å². The number of halogens is 4. The number of H-pyrrole nitrogens is 1. The largest absolute Gasteiger partial charge is 0.494 e. The molecule has 0 fully saturated rings. The predicted octanol–water partition coefficient (Wildman–Crippen LogP) is 4.29. The summed E-state index contributed by atoms with van der Waals surface area (Å²) in [5, 5.41) is 0.501. The van der Waals surface area contributed by atoms with Gasteiger partial charge in [0.05, 0.1) is 23.2 Å². The van der Waals surface area contributed by atoms with E-state index in [-0.39, 0.29) is 30.4 Å². The molecule has 0 atom stereocenters. The molecule has 4 rings (SSSR count). The highest BCUT2D eigenvalue weighted by atomic mass is 35.5. The number of hydrogen-bond donors (Lipinski definition) is 1. The van der Waals surface area contributed by atoms with Crippen molar-refractivity contribution >= 4 is 22.6 Å². The fourth-order valence-corrected chi connectivity index (χ4v) is 3.82. The molecule has 0 spiro atoms. The minimum atomic E-state index is -4.46. The zero-order valence-electron chi connectivity index (χ0n) is 17.4. The van der Waals surface area contributed by atoms with E-state index in [1.807, 2.05) is 13.0 Å². The lowest BCUT2D eigenvalue weighted by Crippen LogP contribution is -2.29. The minimum absolute atomic E-state index is 0.0128. The van der Waals surface area contributed by atoms with Crippen molar-refractivity contribution < 1.29 is 17.9 Å². The van der Waals surface area contributed by atoms with Gasteiger partial charge in [0.1, 0.15) is 5.75 Å². The summed E-state index contributed by atoms with van der Waals surface area (Å²) in [6, 6.07) is 8.10. The maximum Gasteiger partial charge on any atom is 0.416 e. The van der Waals surface area contributed by atoms with Crippen molar-refractivity contribution in [1.29, 1.82) is 0 Å². The Morgan fingerprint density at radius 1 is 1.15 bits per heavy atom. The first kappa shape index (κ1) is 22.8. The third kappa shape index (κ3) is 4.70. The molecule has 33 heavy (non-hydrogen) atoms. The van der Waals surface area contributed by atoms with Crippen LogP contribution in [0.5, 0.6) is 5.75 Å². The highest BCUT2D eigenvalue weighted by molar-refractivity contribution is 6.32. The van der Waals surface area contributed by atoms with Gasteiger partial charge in [-0.05, 0) is 48.7 Å². The Kier molecular flexibility index (Phi) is 6.11. The standard InChI is InChI=1S/C22H18ClF3N4O3/c1-2-12-9-17-16(11-15(12)23)27-18-19(28-21(32)29-20(18)31)30(17)7-4-8-33-14-6-3-5-13(10-14)22(24,25)26/h3,5-6,9-11H,2,4,7-8H2,1H3,(H,29,31,32). The number of aryl methyl sites for hydroxylation is 2. The number of aromatic amines is 1. The summed E-state index contributed by atoms with van der Waals surface area (Å²) in [4.78, 5) is 34.5. The van der Waals surface area contributed by atoms with Gasteiger partial charge in [-0.15, -0.1) is 0 Å². The summed E-state index contributed by atoms with van der Waals surface area (Å²) >= 11 is 6.31. The van der Waals surface area contributed by atoms with E-state index in [0.29, 0.717) is 28.9 Å². The molecule has 172 valence electrons. The molecule has 11 heteroatoms. The van der Waals surface area contributed by atoms with Crippen LogP contribution >= 0.6 is 11.6 Å². The highest BCUT2D eigenvalue weighted by Crippen LogP contribution is 2.31. The van der Waals surface area contributed by atoms with Gasteiger partial charge in [0, 0.05) is 11.6 Å². The van der Waals surface area contributed by atoms with Gasteiger partial charge in [0.15, 0.2) is 11.5 Å². The number of ether oxygens (including phenoxy) is 1. The Morgan fingerprint density at radius 2 is 1.94 bits per heavy atom. The third-order valence-electron chi connectivity index (χ3n) is 5.11. The average Bonchev–Trinajstić information content (AvgIpc) is 2.76. The second-order valence-electron chi connectivity index (χ2n) is 7.32. The monoisotopic (exact) mass is 478 g/mol. The number of benzene rings is 2. The lowest BCUT2D eigenvalue weighted by atomic mass is 10.1. The van der Waals surface area contributed by atoms with E-state index in [9.17, 15) is 22.8 Å². The van der Waals surface area contributed by atoms with E-state index in [0.717, 1.165) is 17.7 Å². The molecule has 2 aliphatic rings. The van der Waals surface area contributed by atoms with Crippen molar-refractivity contribution in [2.75, 3.05) is 6.61 Å². The molecule has 0 radical (unpaired) electrons. The van der Waals surface area contributed by atoms with Gasteiger partial charge in [-0.1, -0.05) is 24.6 Å². The topological polar surface area (TPSA) is 89.9 Å².